The number of nitrogens with two attached hydrogens (primary N) is 1. The van der Waals surface area contributed by atoms with Crippen LogP contribution in [0, 0.1) is 13.8 Å². The minimum atomic E-state index is -0.226. The molecule has 26 heavy (non-hydrogen) atoms. The molecule has 0 aromatic carbocycles. The molecule has 9 nitrogen and oxygen atoms in total. The standard InChI is InChI=1S/C17H26N8O/c1-10-11(2)19-17(24(3)4)23-15(10)20-12-5-7-25(8-6-12)13-9-14(26)22-16(18)21-13/h9,12H,5-8H2,1-4H3,(H,19,20,23)(H3,18,21,22,26). The average molecular weight is 358 g/mol. The third-order valence-corrected chi connectivity index (χ3v) is 4.68. The summed E-state index contributed by atoms with van der Waals surface area (Å²) in [6, 6.07) is 1.80. The van der Waals surface area contributed by atoms with Crippen molar-refractivity contribution in [3.05, 3.63) is 27.7 Å². The SMILES string of the molecule is Cc1nc(N(C)C)nc(NC2CCN(c3cc(=O)[nH]c(N)n3)CC2)c1C. The molecule has 0 unspecified atom stereocenters. The van der Waals surface area contributed by atoms with Crippen LogP contribution in [0.15, 0.2) is 10.9 Å². The fraction of sp³-hybridized carbons (Fsp3) is 0.529. The van der Waals surface area contributed by atoms with Crippen molar-refractivity contribution in [2.45, 2.75) is 32.7 Å². The molecule has 0 spiro atoms. The van der Waals surface area contributed by atoms with Gasteiger partial charge in [0.2, 0.25) is 11.9 Å². The summed E-state index contributed by atoms with van der Waals surface area (Å²) < 4.78 is 0. The van der Waals surface area contributed by atoms with Crippen LogP contribution in [0.5, 0.6) is 0 Å². The van der Waals surface area contributed by atoms with E-state index in [1.165, 1.54) is 6.07 Å². The Bertz CT molecular complexity index is 839. The number of nitrogens with one attached hydrogen (secondary N) is 2. The third kappa shape index (κ3) is 3.87. The maximum atomic E-state index is 11.6. The Morgan fingerprint density at radius 2 is 1.92 bits per heavy atom. The quantitative estimate of drug-likeness (QED) is 0.738. The lowest BCUT2D eigenvalue weighted by atomic mass is 10.0. The molecule has 0 amide bonds. The highest BCUT2D eigenvalue weighted by molar-refractivity contribution is 5.51. The number of aromatic nitrogens is 4. The predicted octanol–water partition coefficient (Wildman–Crippen LogP) is 0.906. The molecule has 0 radical (unpaired) electrons. The second kappa shape index (κ2) is 7.19. The highest BCUT2D eigenvalue weighted by Gasteiger charge is 2.22. The van der Waals surface area contributed by atoms with Gasteiger partial charge in [-0.1, -0.05) is 0 Å². The Hall–Kier alpha value is -2.84. The summed E-state index contributed by atoms with van der Waals surface area (Å²) >= 11 is 0. The van der Waals surface area contributed by atoms with Crippen LogP contribution in [0.25, 0.3) is 0 Å². The van der Waals surface area contributed by atoms with Gasteiger partial charge in [0.1, 0.15) is 11.6 Å². The second-order valence-corrected chi connectivity index (χ2v) is 6.87. The number of hydrogen-bond acceptors (Lipinski definition) is 8. The lowest BCUT2D eigenvalue weighted by Crippen LogP contribution is -2.40. The van der Waals surface area contributed by atoms with Gasteiger partial charge < -0.3 is 20.9 Å². The highest BCUT2D eigenvalue weighted by Crippen LogP contribution is 2.23. The number of nitrogen functional groups attached to an aromatic ring is 1. The fourth-order valence-electron chi connectivity index (χ4n) is 3.03. The molecule has 1 fully saturated rings. The number of aromatic amines is 1. The van der Waals surface area contributed by atoms with E-state index in [0.29, 0.717) is 17.8 Å². The largest absolute Gasteiger partial charge is 0.369 e. The summed E-state index contributed by atoms with van der Waals surface area (Å²) in [5, 5.41) is 3.56. The lowest BCUT2D eigenvalue weighted by Gasteiger charge is -2.33. The van der Waals surface area contributed by atoms with Gasteiger partial charge in [0.25, 0.3) is 5.56 Å². The number of nitrogens with zero attached hydrogens (tertiary/aromatic N) is 5. The molecule has 4 N–H and O–H groups in total. The molecule has 2 aromatic heterocycles. The van der Waals surface area contributed by atoms with E-state index in [9.17, 15) is 4.79 Å². The van der Waals surface area contributed by atoms with Crippen molar-refractivity contribution < 1.29 is 0 Å². The number of aryl methyl sites for hydroxylation is 1. The summed E-state index contributed by atoms with van der Waals surface area (Å²) in [5.74, 6) is 2.37. The van der Waals surface area contributed by atoms with Gasteiger partial charge >= 0.3 is 0 Å². The summed E-state index contributed by atoms with van der Waals surface area (Å²) in [6.45, 7) is 5.64. The van der Waals surface area contributed by atoms with Crippen molar-refractivity contribution in [1.82, 2.24) is 19.9 Å². The molecule has 3 heterocycles. The Morgan fingerprint density at radius 1 is 1.23 bits per heavy atom. The van der Waals surface area contributed by atoms with E-state index < -0.39 is 0 Å². The maximum Gasteiger partial charge on any atom is 0.254 e. The van der Waals surface area contributed by atoms with E-state index in [0.717, 1.165) is 43.0 Å². The van der Waals surface area contributed by atoms with Gasteiger partial charge in [-0.15, -0.1) is 0 Å². The molecule has 1 aliphatic heterocycles. The molecule has 3 rings (SSSR count). The van der Waals surface area contributed by atoms with Crippen molar-refractivity contribution in [3.63, 3.8) is 0 Å². The Kier molecular flexibility index (Phi) is 4.97. The molecule has 1 aliphatic rings. The molecule has 2 aromatic rings. The Balaban J connectivity index is 1.68. The number of H-pyrrole nitrogens is 1. The van der Waals surface area contributed by atoms with Crippen molar-refractivity contribution in [1.29, 1.82) is 0 Å². The summed E-state index contributed by atoms with van der Waals surface area (Å²) in [4.78, 5) is 31.4. The van der Waals surface area contributed by atoms with E-state index in [1.807, 2.05) is 32.8 Å². The normalized spacial score (nSPS) is 15.2. The molecule has 0 bridgehead atoms. The van der Waals surface area contributed by atoms with Crippen LogP contribution in [-0.2, 0) is 0 Å². The average Bonchev–Trinajstić information content (AvgIpc) is 2.58. The summed E-state index contributed by atoms with van der Waals surface area (Å²) in [7, 11) is 3.87. The first-order valence-electron chi connectivity index (χ1n) is 8.74. The first kappa shape index (κ1) is 18.0. The van der Waals surface area contributed by atoms with Crippen molar-refractivity contribution >= 4 is 23.5 Å². The van der Waals surface area contributed by atoms with Gasteiger partial charge in [-0.05, 0) is 26.7 Å². The van der Waals surface area contributed by atoms with Gasteiger partial charge in [0.15, 0.2) is 0 Å². The van der Waals surface area contributed by atoms with Crippen molar-refractivity contribution in [2.24, 2.45) is 0 Å². The smallest absolute Gasteiger partial charge is 0.254 e. The van der Waals surface area contributed by atoms with E-state index >= 15 is 0 Å². The number of rotatable bonds is 4. The minimum Gasteiger partial charge on any atom is -0.369 e. The van der Waals surface area contributed by atoms with E-state index in [-0.39, 0.29) is 11.5 Å². The maximum absolute atomic E-state index is 11.6. The van der Waals surface area contributed by atoms with Gasteiger partial charge in [0, 0.05) is 50.6 Å². The molecular weight excluding hydrogens is 332 g/mol. The molecule has 0 saturated carbocycles. The van der Waals surface area contributed by atoms with Crippen LogP contribution < -0.4 is 26.4 Å². The highest BCUT2D eigenvalue weighted by atomic mass is 16.1. The zero-order valence-electron chi connectivity index (χ0n) is 15.7. The van der Waals surface area contributed by atoms with Crippen LogP contribution in [0.4, 0.5) is 23.5 Å². The van der Waals surface area contributed by atoms with Crippen LogP contribution in [0.1, 0.15) is 24.1 Å². The number of hydrogen-bond donors (Lipinski definition) is 3. The van der Waals surface area contributed by atoms with Crippen LogP contribution in [0.2, 0.25) is 0 Å². The van der Waals surface area contributed by atoms with E-state index in [2.05, 4.69) is 30.2 Å². The first-order chi connectivity index (χ1) is 12.3. The van der Waals surface area contributed by atoms with Crippen LogP contribution in [-0.4, -0.2) is 53.2 Å². The Morgan fingerprint density at radius 3 is 2.54 bits per heavy atom. The zero-order chi connectivity index (χ0) is 18.8. The Labute approximate surface area is 152 Å². The molecule has 1 saturated heterocycles. The van der Waals surface area contributed by atoms with Crippen molar-refractivity contribution in [3.8, 4) is 0 Å². The topological polar surface area (TPSA) is 116 Å². The van der Waals surface area contributed by atoms with Crippen LogP contribution in [0.3, 0.4) is 0 Å². The first-order valence-corrected chi connectivity index (χ1v) is 8.74. The van der Waals surface area contributed by atoms with Gasteiger partial charge in [0.05, 0.1) is 0 Å². The van der Waals surface area contributed by atoms with Gasteiger partial charge in [-0.2, -0.15) is 9.97 Å². The second-order valence-electron chi connectivity index (χ2n) is 6.87. The molecular formula is C17H26N8O. The summed E-state index contributed by atoms with van der Waals surface area (Å²) in [5.41, 5.74) is 7.47. The minimum absolute atomic E-state index is 0.149. The molecule has 0 atom stereocenters. The number of anilines is 4. The van der Waals surface area contributed by atoms with Gasteiger partial charge in [-0.25, -0.2) is 4.98 Å². The third-order valence-electron chi connectivity index (χ3n) is 4.68. The molecule has 9 heteroatoms. The monoisotopic (exact) mass is 358 g/mol. The summed E-state index contributed by atoms with van der Waals surface area (Å²) in [6.07, 6.45) is 1.85. The van der Waals surface area contributed by atoms with Crippen molar-refractivity contribution in [2.75, 3.05) is 48.0 Å². The van der Waals surface area contributed by atoms with Gasteiger partial charge in [-0.3, -0.25) is 9.78 Å². The molecule has 140 valence electrons. The van der Waals surface area contributed by atoms with E-state index in [4.69, 9.17) is 5.73 Å². The zero-order valence-corrected chi connectivity index (χ0v) is 15.7. The predicted molar refractivity (Wildman–Crippen MR) is 104 cm³/mol. The molecule has 0 aliphatic carbocycles. The number of piperidine rings is 1. The van der Waals surface area contributed by atoms with E-state index in [1.54, 1.807) is 0 Å². The fourth-order valence-corrected chi connectivity index (χ4v) is 3.03. The lowest BCUT2D eigenvalue weighted by molar-refractivity contribution is 0.522. The van der Waals surface area contributed by atoms with Crippen LogP contribution >= 0.6 is 0 Å².